The van der Waals surface area contributed by atoms with Crippen LogP contribution in [0.5, 0.6) is 11.5 Å². The van der Waals surface area contributed by atoms with Crippen molar-refractivity contribution >= 4 is 23.7 Å². The van der Waals surface area contributed by atoms with Crippen molar-refractivity contribution in [3.63, 3.8) is 0 Å². The smallest absolute Gasteiger partial charge is 0.214 e. The average molecular weight is 440 g/mol. The lowest BCUT2D eigenvalue weighted by atomic mass is 10.1. The van der Waals surface area contributed by atoms with Gasteiger partial charge in [-0.15, -0.1) is 0 Å². The number of nitrogens with zero attached hydrogens (tertiary/aromatic N) is 6. The molecule has 5 rings (SSSR count). The number of amidine groups is 1. The summed E-state index contributed by atoms with van der Waals surface area (Å²) in [6, 6.07) is 3.96. The summed E-state index contributed by atoms with van der Waals surface area (Å²) in [6.45, 7) is 6.62. The summed E-state index contributed by atoms with van der Waals surface area (Å²) >= 11 is 0. The molecule has 0 saturated carbocycles. The summed E-state index contributed by atoms with van der Waals surface area (Å²) in [5.74, 6) is 2.85. The molecule has 2 N–H and O–H groups in total. The number of aliphatic imine (C=N–C) groups is 3. The molecule has 10 heteroatoms. The Morgan fingerprint density at radius 1 is 1.22 bits per heavy atom. The van der Waals surface area contributed by atoms with E-state index in [2.05, 4.69) is 14.8 Å². The molecule has 0 aliphatic carbocycles. The fourth-order valence-electron chi connectivity index (χ4n) is 4.29. The molecule has 1 fully saturated rings. The molecule has 10 nitrogen and oxygen atoms in total. The van der Waals surface area contributed by atoms with E-state index in [-0.39, 0.29) is 0 Å². The Bertz CT molecular complexity index is 969. The molecule has 4 aliphatic rings. The number of hydrogen-bond donors (Lipinski definition) is 1. The van der Waals surface area contributed by atoms with Crippen molar-refractivity contribution in [1.82, 2.24) is 14.7 Å². The third-order valence-electron chi connectivity index (χ3n) is 5.90. The highest BCUT2D eigenvalue weighted by atomic mass is 16.5. The second kappa shape index (κ2) is 9.27. The molecule has 1 unspecified atom stereocenters. The number of methoxy groups -OCH3 is 1. The van der Waals surface area contributed by atoms with E-state index in [1.54, 1.807) is 13.3 Å². The number of rotatable bonds is 6. The zero-order valence-corrected chi connectivity index (χ0v) is 18.3. The van der Waals surface area contributed by atoms with Crippen LogP contribution in [-0.2, 0) is 4.74 Å². The van der Waals surface area contributed by atoms with E-state index in [9.17, 15) is 0 Å². The molecule has 1 saturated heterocycles. The number of benzene rings is 1. The summed E-state index contributed by atoms with van der Waals surface area (Å²) in [5.41, 5.74) is 7.86. The van der Waals surface area contributed by atoms with Gasteiger partial charge in [-0.3, -0.25) is 30.4 Å². The Balaban J connectivity index is 1.38. The summed E-state index contributed by atoms with van der Waals surface area (Å²) in [4.78, 5) is 20.3. The molecule has 0 amide bonds. The van der Waals surface area contributed by atoms with E-state index in [4.69, 9.17) is 29.9 Å². The van der Waals surface area contributed by atoms with Gasteiger partial charge < -0.3 is 14.2 Å². The Morgan fingerprint density at radius 3 is 2.91 bits per heavy atom. The van der Waals surface area contributed by atoms with E-state index in [1.165, 1.54) is 0 Å². The SMILES string of the molecule is COc1c(OCCCN2CCOCC2)ccc2c1N=C(N1C=CC=NC1N)N1CCN=C21. The molecule has 0 spiro atoms. The average Bonchev–Trinajstić information content (AvgIpc) is 3.32. The van der Waals surface area contributed by atoms with E-state index in [0.717, 1.165) is 57.2 Å². The first kappa shape index (κ1) is 20.9. The number of fused-ring (bicyclic) bond motifs is 3. The highest BCUT2D eigenvalue weighted by Gasteiger charge is 2.36. The Morgan fingerprint density at radius 2 is 2.09 bits per heavy atom. The highest BCUT2D eigenvalue weighted by molar-refractivity contribution is 6.16. The number of hydrogen-bond acceptors (Lipinski definition) is 10. The predicted molar refractivity (Wildman–Crippen MR) is 123 cm³/mol. The van der Waals surface area contributed by atoms with Gasteiger partial charge in [-0.1, -0.05) is 0 Å². The van der Waals surface area contributed by atoms with Crippen molar-refractivity contribution in [2.24, 2.45) is 20.7 Å². The Labute approximate surface area is 187 Å². The minimum absolute atomic E-state index is 0.534. The van der Waals surface area contributed by atoms with Crippen molar-refractivity contribution in [2.75, 3.05) is 59.7 Å². The third kappa shape index (κ3) is 3.96. The van der Waals surface area contributed by atoms with Crippen molar-refractivity contribution in [1.29, 1.82) is 0 Å². The molecular formula is C22H29N7O3. The van der Waals surface area contributed by atoms with E-state index < -0.39 is 6.29 Å². The van der Waals surface area contributed by atoms with Gasteiger partial charge in [0.1, 0.15) is 11.5 Å². The maximum absolute atomic E-state index is 6.22. The second-order valence-electron chi connectivity index (χ2n) is 7.88. The fraction of sp³-hybridized carbons (Fsp3) is 0.500. The Kier molecular flexibility index (Phi) is 6.06. The number of morpholine rings is 1. The number of allylic oxidation sites excluding steroid dienone is 1. The van der Waals surface area contributed by atoms with Crippen LogP contribution in [0.3, 0.4) is 0 Å². The summed E-state index contributed by atoms with van der Waals surface area (Å²) in [7, 11) is 1.64. The minimum atomic E-state index is -0.534. The van der Waals surface area contributed by atoms with Crippen molar-refractivity contribution in [3.05, 3.63) is 30.0 Å². The molecule has 1 atom stereocenters. The van der Waals surface area contributed by atoms with Gasteiger partial charge >= 0.3 is 0 Å². The van der Waals surface area contributed by atoms with Crippen molar-refractivity contribution in [2.45, 2.75) is 12.7 Å². The molecule has 32 heavy (non-hydrogen) atoms. The Hall–Kier alpha value is -2.95. The lowest BCUT2D eigenvalue weighted by Crippen LogP contribution is -2.52. The third-order valence-corrected chi connectivity index (χ3v) is 5.90. The monoisotopic (exact) mass is 439 g/mol. The standard InChI is InChI=1S/C22H29N7O3/c1-30-19-17(32-13-3-8-27-11-14-31-15-12-27)5-4-16-18(19)26-22(28-10-7-24-20(16)28)29-9-2-6-25-21(29)23/h2,4-6,9,21H,3,7-8,10-15,23H2,1H3. The molecule has 1 aromatic carbocycles. The van der Waals surface area contributed by atoms with Crippen LogP contribution in [0.4, 0.5) is 5.69 Å². The quantitative estimate of drug-likeness (QED) is 0.660. The van der Waals surface area contributed by atoms with Crippen molar-refractivity contribution in [3.8, 4) is 11.5 Å². The van der Waals surface area contributed by atoms with E-state index in [1.807, 2.05) is 29.3 Å². The van der Waals surface area contributed by atoms with Crippen LogP contribution >= 0.6 is 0 Å². The maximum Gasteiger partial charge on any atom is 0.214 e. The van der Waals surface area contributed by atoms with Gasteiger partial charge in [-0.2, -0.15) is 0 Å². The van der Waals surface area contributed by atoms with Crippen LogP contribution in [0.1, 0.15) is 12.0 Å². The molecule has 1 aromatic rings. The lowest BCUT2D eigenvalue weighted by molar-refractivity contribution is 0.0357. The molecule has 0 bridgehead atoms. The molecule has 4 aliphatic heterocycles. The molecule has 4 heterocycles. The van der Waals surface area contributed by atoms with Crippen molar-refractivity contribution < 1.29 is 14.2 Å². The van der Waals surface area contributed by atoms with Crippen LogP contribution in [0.25, 0.3) is 0 Å². The van der Waals surface area contributed by atoms with Crippen LogP contribution in [-0.4, -0.2) is 98.7 Å². The van der Waals surface area contributed by atoms with Gasteiger partial charge in [0.15, 0.2) is 17.8 Å². The van der Waals surface area contributed by atoms with Gasteiger partial charge in [-0.25, -0.2) is 4.99 Å². The van der Waals surface area contributed by atoms with Gasteiger partial charge in [0.25, 0.3) is 0 Å². The van der Waals surface area contributed by atoms with Gasteiger partial charge in [0, 0.05) is 44.2 Å². The molecule has 0 radical (unpaired) electrons. The first-order valence-corrected chi connectivity index (χ1v) is 11.0. The predicted octanol–water partition coefficient (Wildman–Crippen LogP) is 1.00. The summed E-state index contributed by atoms with van der Waals surface area (Å²) in [5, 5.41) is 0. The zero-order valence-electron chi connectivity index (χ0n) is 18.3. The lowest BCUT2D eigenvalue weighted by Gasteiger charge is -2.36. The fourth-order valence-corrected chi connectivity index (χ4v) is 4.29. The summed E-state index contributed by atoms with van der Waals surface area (Å²) < 4.78 is 17.3. The van der Waals surface area contributed by atoms with Gasteiger partial charge in [0.05, 0.1) is 33.5 Å². The molecule has 0 aromatic heterocycles. The highest BCUT2D eigenvalue weighted by Crippen LogP contribution is 2.43. The van der Waals surface area contributed by atoms with Gasteiger partial charge in [-0.05, 0) is 24.6 Å². The first-order chi connectivity index (χ1) is 15.8. The van der Waals surface area contributed by atoms with E-state index >= 15 is 0 Å². The summed E-state index contributed by atoms with van der Waals surface area (Å²) in [6.07, 6.45) is 5.82. The zero-order chi connectivity index (χ0) is 21.9. The van der Waals surface area contributed by atoms with Crippen LogP contribution in [0, 0.1) is 0 Å². The number of nitrogens with two attached hydrogens (primary N) is 1. The minimum Gasteiger partial charge on any atom is -0.491 e. The number of ether oxygens (including phenoxy) is 3. The first-order valence-electron chi connectivity index (χ1n) is 11.0. The van der Waals surface area contributed by atoms with Crippen LogP contribution < -0.4 is 15.2 Å². The molecular weight excluding hydrogens is 410 g/mol. The topological polar surface area (TPSA) is 101 Å². The largest absolute Gasteiger partial charge is 0.491 e. The van der Waals surface area contributed by atoms with Crippen LogP contribution in [0.2, 0.25) is 0 Å². The van der Waals surface area contributed by atoms with Crippen LogP contribution in [0.15, 0.2) is 39.4 Å². The van der Waals surface area contributed by atoms with Gasteiger partial charge in [0.2, 0.25) is 5.96 Å². The van der Waals surface area contributed by atoms with E-state index in [0.29, 0.717) is 36.3 Å². The normalized spacial score (nSPS) is 22.4. The second-order valence-corrected chi connectivity index (χ2v) is 7.88. The maximum atomic E-state index is 6.22. The molecule has 170 valence electrons. The number of guanidine groups is 1.